The third kappa shape index (κ3) is 4.02. The van der Waals surface area contributed by atoms with Gasteiger partial charge in [0.2, 0.25) is 0 Å². The summed E-state index contributed by atoms with van der Waals surface area (Å²) in [6.07, 6.45) is 5.34. The summed E-state index contributed by atoms with van der Waals surface area (Å²) in [6.45, 7) is 8.86. The summed E-state index contributed by atoms with van der Waals surface area (Å²) in [4.78, 5) is 11.8. The van der Waals surface area contributed by atoms with E-state index in [1.54, 1.807) is 6.20 Å². The molecule has 6 nitrogen and oxygen atoms in total. The van der Waals surface area contributed by atoms with Crippen LogP contribution < -0.4 is 10.2 Å². The highest BCUT2D eigenvalue weighted by molar-refractivity contribution is 5.89. The third-order valence-corrected chi connectivity index (χ3v) is 5.39. The Morgan fingerprint density at radius 1 is 1.14 bits per heavy atom. The van der Waals surface area contributed by atoms with Crippen molar-refractivity contribution < 1.29 is 0 Å². The lowest BCUT2D eigenvalue weighted by atomic mass is 9.98. The van der Waals surface area contributed by atoms with Gasteiger partial charge in [0.15, 0.2) is 5.65 Å². The number of anilines is 1. The van der Waals surface area contributed by atoms with Crippen molar-refractivity contribution in [2.75, 3.05) is 18.0 Å². The Morgan fingerprint density at radius 3 is 2.82 bits per heavy atom. The summed E-state index contributed by atoms with van der Waals surface area (Å²) in [5.74, 6) is 1.73. The Bertz CT molecular complexity index is 918. The first kappa shape index (κ1) is 18.9. The van der Waals surface area contributed by atoms with Crippen molar-refractivity contribution >= 4 is 16.9 Å². The number of aromatic amines is 1. The summed E-state index contributed by atoms with van der Waals surface area (Å²) in [7, 11) is 0. The Hall–Kier alpha value is -2.47. The number of rotatable bonds is 6. The zero-order chi connectivity index (χ0) is 19.5. The van der Waals surface area contributed by atoms with Crippen molar-refractivity contribution in [3.63, 3.8) is 0 Å². The second-order valence-corrected chi connectivity index (χ2v) is 8.24. The zero-order valence-corrected chi connectivity index (χ0v) is 17.0. The number of nitrogens with one attached hydrogen (secondary N) is 2. The molecule has 0 bridgehead atoms. The van der Waals surface area contributed by atoms with E-state index in [9.17, 15) is 0 Å². The lowest BCUT2D eigenvalue weighted by Gasteiger charge is -2.40. The summed E-state index contributed by atoms with van der Waals surface area (Å²) in [6, 6.07) is 11.3. The minimum Gasteiger partial charge on any atom is -0.353 e. The highest BCUT2D eigenvalue weighted by Gasteiger charge is 2.27. The molecule has 0 aliphatic carbocycles. The molecule has 2 atom stereocenters. The van der Waals surface area contributed by atoms with E-state index in [2.05, 4.69) is 58.3 Å². The molecule has 0 radical (unpaired) electrons. The molecule has 148 valence electrons. The molecular weight excluding hydrogens is 348 g/mol. The van der Waals surface area contributed by atoms with Crippen molar-refractivity contribution in [1.29, 1.82) is 0 Å². The first-order valence-electron chi connectivity index (χ1n) is 10.4. The molecule has 1 fully saturated rings. The second-order valence-electron chi connectivity index (χ2n) is 8.24. The van der Waals surface area contributed by atoms with E-state index in [1.165, 1.54) is 19.3 Å². The molecule has 1 aliphatic heterocycles. The average molecular weight is 379 g/mol. The Morgan fingerprint density at radius 2 is 2.00 bits per heavy atom. The van der Waals surface area contributed by atoms with Gasteiger partial charge in [-0.25, -0.2) is 9.97 Å². The van der Waals surface area contributed by atoms with Crippen LogP contribution in [0.15, 0.2) is 36.5 Å². The van der Waals surface area contributed by atoms with Gasteiger partial charge in [0.25, 0.3) is 0 Å². The second kappa shape index (κ2) is 8.27. The van der Waals surface area contributed by atoms with E-state index < -0.39 is 0 Å². The molecule has 3 aromatic rings. The maximum absolute atomic E-state index is 5.00. The number of pyridine rings is 2. The van der Waals surface area contributed by atoms with Crippen LogP contribution in [0.2, 0.25) is 0 Å². The number of piperazine rings is 1. The largest absolute Gasteiger partial charge is 0.353 e. The molecule has 0 spiro atoms. The van der Waals surface area contributed by atoms with Crippen molar-refractivity contribution in [1.82, 2.24) is 25.5 Å². The highest BCUT2D eigenvalue weighted by atomic mass is 15.3. The lowest BCUT2D eigenvalue weighted by molar-refractivity contribution is 0.317. The minimum atomic E-state index is 0.507. The van der Waals surface area contributed by atoms with Gasteiger partial charge in [0.1, 0.15) is 5.82 Å². The van der Waals surface area contributed by atoms with Crippen LogP contribution in [0.5, 0.6) is 0 Å². The van der Waals surface area contributed by atoms with Crippen LogP contribution in [0.4, 0.5) is 5.82 Å². The van der Waals surface area contributed by atoms with Crippen LogP contribution in [0.25, 0.3) is 22.4 Å². The fourth-order valence-electron chi connectivity index (χ4n) is 4.25. The maximum Gasteiger partial charge on any atom is 0.181 e. The standard InChI is InChI=1S/C22H30N6/c1-4-7-16-13-28(14-17(24-16)12-15(2)3)20-10-5-9-19(25-20)21-18-8-6-11-23-22(18)27-26-21/h5-6,8-11,15-17,24H,4,7,12-14H2,1-3H3,(H,23,26,27)/t16-,17+/m1/s1. The van der Waals surface area contributed by atoms with Crippen LogP contribution in [-0.2, 0) is 0 Å². The van der Waals surface area contributed by atoms with E-state index in [0.717, 1.165) is 41.3 Å². The lowest BCUT2D eigenvalue weighted by Crippen LogP contribution is -2.57. The number of hydrogen-bond acceptors (Lipinski definition) is 5. The number of nitrogens with zero attached hydrogens (tertiary/aromatic N) is 4. The minimum absolute atomic E-state index is 0.507. The summed E-state index contributed by atoms with van der Waals surface area (Å²) in [5.41, 5.74) is 2.58. The SMILES string of the molecule is CCC[C@@H]1CN(c2cccc(-c3[nH]nc4ncccc34)n2)C[C@H](CC(C)C)N1. The monoisotopic (exact) mass is 378 g/mol. The van der Waals surface area contributed by atoms with Gasteiger partial charge in [-0.2, -0.15) is 5.10 Å². The van der Waals surface area contributed by atoms with Gasteiger partial charge in [0.05, 0.1) is 11.4 Å². The first-order valence-corrected chi connectivity index (χ1v) is 10.4. The van der Waals surface area contributed by atoms with Gasteiger partial charge in [0, 0.05) is 36.8 Å². The summed E-state index contributed by atoms with van der Waals surface area (Å²) < 4.78 is 0. The van der Waals surface area contributed by atoms with Crippen molar-refractivity contribution in [3.8, 4) is 11.4 Å². The van der Waals surface area contributed by atoms with Crippen LogP contribution in [-0.4, -0.2) is 45.3 Å². The number of H-pyrrole nitrogens is 1. The predicted octanol–water partition coefficient (Wildman–Crippen LogP) is 4.01. The predicted molar refractivity (Wildman–Crippen MR) is 114 cm³/mol. The molecule has 1 aliphatic rings. The third-order valence-electron chi connectivity index (χ3n) is 5.39. The molecule has 2 N–H and O–H groups in total. The van der Waals surface area contributed by atoms with Crippen LogP contribution in [0, 0.1) is 5.92 Å². The molecule has 4 rings (SSSR count). The number of fused-ring (bicyclic) bond motifs is 1. The zero-order valence-electron chi connectivity index (χ0n) is 17.0. The van der Waals surface area contributed by atoms with E-state index in [0.29, 0.717) is 18.0 Å². The van der Waals surface area contributed by atoms with Gasteiger partial charge >= 0.3 is 0 Å². The normalized spacial score (nSPS) is 20.2. The fourth-order valence-corrected chi connectivity index (χ4v) is 4.25. The highest BCUT2D eigenvalue weighted by Crippen LogP contribution is 2.26. The topological polar surface area (TPSA) is 69.7 Å². The Balaban J connectivity index is 1.62. The Labute approximate surface area is 166 Å². The van der Waals surface area contributed by atoms with Gasteiger partial charge in [-0.3, -0.25) is 5.10 Å². The van der Waals surface area contributed by atoms with Gasteiger partial charge in [-0.1, -0.05) is 33.3 Å². The average Bonchev–Trinajstić information content (AvgIpc) is 3.12. The molecular formula is C22H30N6. The molecule has 0 amide bonds. The van der Waals surface area contributed by atoms with E-state index in [4.69, 9.17) is 4.98 Å². The molecule has 1 saturated heterocycles. The van der Waals surface area contributed by atoms with Crippen molar-refractivity contribution in [3.05, 3.63) is 36.5 Å². The summed E-state index contributed by atoms with van der Waals surface area (Å²) in [5, 5.41) is 12.3. The maximum atomic E-state index is 5.00. The first-order chi connectivity index (χ1) is 13.6. The van der Waals surface area contributed by atoms with E-state index >= 15 is 0 Å². The smallest absolute Gasteiger partial charge is 0.181 e. The van der Waals surface area contributed by atoms with Crippen LogP contribution in [0.1, 0.15) is 40.0 Å². The van der Waals surface area contributed by atoms with Crippen molar-refractivity contribution in [2.24, 2.45) is 5.92 Å². The van der Waals surface area contributed by atoms with E-state index in [-0.39, 0.29) is 0 Å². The molecule has 4 heterocycles. The van der Waals surface area contributed by atoms with Gasteiger partial charge in [-0.05, 0) is 43.0 Å². The molecule has 0 saturated carbocycles. The van der Waals surface area contributed by atoms with Crippen LogP contribution >= 0.6 is 0 Å². The fraction of sp³-hybridized carbons (Fsp3) is 0.500. The molecule has 6 heteroatoms. The number of hydrogen-bond donors (Lipinski definition) is 2. The van der Waals surface area contributed by atoms with Crippen molar-refractivity contribution in [2.45, 2.75) is 52.1 Å². The molecule has 0 unspecified atom stereocenters. The number of aromatic nitrogens is 4. The molecule has 28 heavy (non-hydrogen) atoms. The van der Waals surface area contributed by atoms with Gasteiger partial charge in [-0.15, -0.1) is 0 Å². The van der Waals surface area contributed by atoms with E-state index in [1.807, 2.05) is 18.2 Å². The summed E-state index contributed by atoms with van der Waals surface area (Å²) >= 11 is 0. The van der Waals surface area contributed by atoms with Crippen LogP contribution in [0.3, 0.4) is 0 Å². The quantitative estimate of drug-likeness (QED) is 0.678. The molecule has 3 aromatic heterocycles. The van der Waals surface area contributed by atoms with Gasteiger partial charge < -0.3 is 10.2 Å². The molecule has 0 aromatic carbocycles. The Kier molecular flexibility index (Phi) is 5.57.